The number of halogens is 1. The topological polar surface area (TPSA) is 17.1 Å². The summed E-state index contributed by atoms with van der Waals surface area (Å²) in [6, 6.07) is 0. The van der Waals surface area contributed by atoms with Gasteiger partial charge in [0, 0.05) is 12.8 Å². The van der Waals surface area contributed by atoms with Crippen LogP contribution in [0.25, 0.3) is 0 Å². The molecule has 0 N–H and O–H groups in total. The fourth-order valence-corrected chi connectivity index (χ4v) is 0.946. The smallest absolute Gasteiger partial charge is 0.136 e. The summed E-state index contributed by atoms with van der Waals surface area (Å²) in [7, 11) is 0. The monoisotopic (exact) mass is 172 g/mol. The Morgan fingerprint density at radius 3 is 2.33 bits per heavy atom. The second kappa shape index (κ2) is 7.01. The van der Waals surface area contributed by atoms with Crippen LogP contribution in [0.1, 0.15) is 46.0 Å². The maximum atomic E-state index is 12.7. The molecular weight excluding hydrogens is 155 g/mol. The number of rotatable bonds is 6. The lowest BCUT2D eigenvalue weighted by Crippen LogP contribution is -1.94. The zero-order chi connectivity index (χ0) is 9.40. The van der Waals surface area contributed by atoms with Crippen molar-refractivity contribution in [2.45, 2.75) is 46.0 Å². The Labute approximate surface area is 73.7 Å². The van der Waals surface area contributed by atoms with Crippen molar-refractivity contribution in [1.29, 1.82) is 0 Å². The number of hydrogen-bond acceptors (Lipinski definition) is 1. The molecule has 0 aliphatic carbocycles. The van der Waals surface area contributed by atoms with Gasteiger partial charge < -0.3 is 0 Å². The SMILES string of the molecule is CCCC(=O)C/C=C(\F)CCC. The summed E-state index contributed by atoms with van der Waals surface area (Å²) in [5.41, 5.74) is 0. The van der Waals surface area contributed by atoms with Crippen LogP contribution < -0.4 is 0 Å². The molecule has 0 saturated carbocycles. The zero-order valence-corrected chi connectivity index (χ0v) is 7.90. The van der Waals surface area contributed by atoms with Crippen LogP contribution in [0.4, 0.5) is 4.39 Å². The molecule has 12 heavy (non-hydrogen) atoms. The van der Waals surface area contributed by atoms with Gasteiger partial charge in [0.05, 0.1) is 5.83 Å². The molecule has 0 aromatic carbocycles. The molecule has 0 aromatic heterocycles. The second-order valence-electron chi connectivity index (χ2n) is 2.89. The van der Waals surface area contributed by atoms with Gasteiger partial charge in [0.2, 0.25) is 0 Å². The number of allylic oxidation sites excluding steroid dienone is 2. The van der Waals surface area contributed by atoms with Gasteiger partial charge in [0.1, 0.15) is 5.78 Å². The molecule has 0 aliphatic rings. The minimum atomic E-state index is -0.151. The summed E-state index contributed by atoms with van der Waals surface area (Å²) in [5, 5.41) is 0. The lowest BCUT2D eigenvalue weighted by molar-refractivity contribution is -0.118. The molecule has 0 heterocycles. The predicted molar refractivity (Wildman–Crippen MR) is 48.6 cm³/mol. The van der Waals surface area contributed by atoms with E-state index in [1.165, 1.54) is 6.08 Å². The maximum Gasteiger partial charge on any atom is 0.136 e. The second-order valence-corrected chi connectivity index (χ2v) is 2.89. The highest BCUT2D eigenvalue weighted by Crippen LogP contribution is 2.07. The van der Waals surface area contributed by atoms with Gasteiger partial charge in [-0.05, 0) is 25.3 Å². The van der Waals surface area contributed by atoms with E-state index in [1.54, 1.807) is 0 Å². The average molecular weight is 172 g/mol. The standard InChI is InChI=1S/C10H17FO/c1-3-5-9(11)7-8-10(12)6-4-2/h7H,3-6,8H2,1-2H3/b9-7-. The van der Waals surface area contributed by atoms with E-state index in [0.717, 1.165) is 12.8 Å². The Morgan fingerprint density at radius 2 is 1.83 bits per heavy atom. The molecule has 0 spiro atoms. The Kier molecular flexibility index (Phi) is 6.63. The largest absolute Gasteiger partial charge is 0.299 e. The van der Waals surface area contributed by atoms with Crippen LogP contribution in [0.3, 0.4) is 0 Å². The first-order chi connectivity index (χ1) is 5.70. The fourth-order valence-electron chi connectivity index (χ4n) is 0.946. The molecule has 70 valence electrons. The van der Waals surface area contributed by atoms with Crippen LogP contribution in [-0.2, 0) is 4.79 Å². The van der Waals surface area contributed by atoms with Crippen LogP contribution in [0.2, 0.25) is 0 Å². The van der Waals surface area contributed by atoms with Crippen molar-refractivity contribution in [3.05, 3.63) is 11.9 Å². The van der Waals surface area contributed by atoms with Crippen molar-refractivity contribution >= 4 is 5.78 Å². The van der Waals surface area contributed by atoms with Crippen LogP contribution in [0, 0.1) is 0 Å². The van der Waals surface area contributed by atoms with E-state index in [0.29, 0.717) is 12.8 Å². The molecule has 0 aromatic rings. The van der Waals surface area contributed by atoms with E-state index in [4.69, 9.17) is 0 Å². The van der Waals surface area contributed by atoms with Crippen LogP contribution >= 0.6 is 0 Å². The number of hydrogen-bond donors (Lipinski definition) is 0. The third-order valence-electron chi connectivity index (χ3n) is 1.57. The third-order valence-corrected chi connectivity index (χ3v) is 1.57. The number of carbonyl (C=O) groups is 1. The minimum absolute atomic E-state index is 0.128. The summed E-state index contributed by atoms with van der Waals surface area (Å²) >= 11 is 0. The van der Waals surface area contributed by atoms with Gasteiger partial charge in [-0.15, -0.1) is 0 Å². The van der Waals surface area contributed by atoms with Crippen LogP contribution in [0.5, 0.6) is 0 Å². The summed E-state index contributed by atoms with van der Waals surface area (Å²) < 4.78 is 12.7. The predicted octanol–water partition coefficient (Wildman–Crippen LogP) is 3.40. The van der Waals surface area contributed by atoms with Gasteiger partial charge in [0.15, 0.2) is 0 Å². The van der Waals surface area contributed by atoms with Crippen molar-refractivity contribution in [2.75, 3.05) is 0 Å². The van der Waals surface area contributed by atoms with Crippen molar-refractivity contribution in [3.63, 3.8) is 0 Å². The van der Waals surface area contributed by atoms with Crippen molar-refractivity contribution in [2.24, 2.45) is 0 Å². The average Bonchev–Trinajstić information content (AvgIpc) is 2.02. The highest BCUT2D eigenvalue weighted by atomic mass is 19.1. The first-order valence-corrected chi connectivity index (χ1v) is 4.56. The Balaban J connectivity index is 3.63. The minimum Gasteiger partial charge on any atom is -0.299 e. The first kappa shape index (κ1) is 11.3. The lowest BCUT2D eigenvalue weighted by Gasteiger charge is -1.94. The normalized spacial score (nSPS) is 11.8. The summed E-state index contributed by atoms with van der Waals surface area (Å²) in [6.07, 6.45) is 4.34. The molecule has 0 atom stereocenters. The van der Waals surface area contributed by atoms with E-state index in [-0.39, 0.29) is 18.0 Å². The van der Waals surface area contributed by atoms with Gasteiger partial charge in [-0.3, -0.25) is 4.79 Å². The highest BCUT2D eigenvalue weighted by Gasteiger charge is 1.98. The molecular formula is C10H17FO. The van der Waals surface area contributed by atoms with Crippen LogP contribution in [0.15, 0.2) is 11.9 Å². The Bertz CT molecular complexity index is 161. The fraction of sp³-hybridized carbons (Fsp3) is 0.700. The molecule has 0 saturated heterocycles. The van der Waals surface area contributed by atoms with E-state index in [9.17, 15) is 9.18 Å². The molecule has 0 fully saturated rings. The van der Waals surface area contributed by atoms with E-state index in [2.05, 4.69) is 0 Å². The molecule has 0 amide bonds. The molecule has 2 heteroatoms. The highest BCUT2D eigenvalue weighted by molar-refractivity contribution is 5.79. The number of Topliss-reactive ketones (excluding diaryl/α,β-unsaturated/α-hetero) is 1. The van der Waals surface area contributed by atoms with E-state index < -0.39 is 0 Å². The summed E-state index contributed by atoms with van der Waals surface area (Å²) in [4.78, 5) is 10.9. The molecule has 0 rings (SSSR count). The number of ketones is 1. The van der Waals surface area contributed by atoms with E-state index >= 15 is 0 Å². The lowest BCUT2D eigenvalue weighted by atomic mass is 10.1. The van der Waals surface area contributed by atoms with E-state index in [1.807, 2.05) is 13.8 Å². The maximum absolute atomic E-state index is 12.7. The quantitative estimate of drug-likeness (QED) is 0.600. The van der Waals surface area contributed by atoms with Crippen molar-refractivity contribution in [3.8, 4) is 0 Å². The molecule has 0 unspecified atom stereocenters. The Morgan fingerprint density at radius 1 is 1.25 bits per heavy atom. The van der Waals surface area contributed by atoms with Gasteiger partial charge in [0.25, 0.3) is 0 Å². The summed E-state index contributed by atoms with van der Waals surface area (Å²) in [6.45, 7) is 3.87. The van der Waals surface area contributed by atoms with Gasteiger partial charge in [-0.25, -0.2) is 4.39 Å². The third kappa shape index (κ3) is 6.08. The molecule has 1 nitrogen and oxygen atoms in total. The zero-order valence-electron chi connectivity index (χ0n) is 7.90. The molecule has 0 radical (unpaired) electrons. The summed E-state index contributed by atoms with van der Waals surface area (Å²) in [5.74, 6) is -0.0225. The molecule has 0 aliphatic heterocycles. The number of carbonyl (C=O) groups excluding carboxylic acids is 1. The van der Waals surface area contributed by atoms with Crippen LogP contribution in [-0.4, -0.2) is 5.78 Å². The van der Waals surface area contributed by atoms with Gasteiger partial charge in [-0.1, -0.05) is 13.8 Å². The van der Waals surface area contributed by atoms with Gasteiger partial charge >= 0.3 is 0 Å². The molecule has 0 bridgehead atoms. The van der Waals surface area contributed by atoms with Crippen molar-refractivity contribution < 1.29 is 9.18 Å². The van der Waals surface area contributed by atoms with Crippen molar-refractivity contribution in [1.82, 2.24) is 0 Å². The Hall–Kier alpha value is -0.660. The van der Waals surface area contributed by atoms with Gasteiger partial charge in [-0.2, -0.15) is 0 Å². The first-order valence-electron chi connectivity index (χ1n) is 4.56.